The van der Waals surface area contributed by atoms with E-state index in [-0.39, 0.29) is 11.1 Å². The van der Waals surface area contributed by atoms with Crippen molar-refractivity contribution in [1.82, 2.24) is 24.9 Å². The average Bonchev–Trinajstić information content (AvgIpc) is 3.10. The van der Waals surface area contributed by atoms with E-state index in [0.717, 1.165) is 41.6 Å². The molecule has 3 aromatic rings. The summed E-state index contributed by atoms with van der Waals surface area (Å²) >= 11 is 0. The molecule has 0 amide bonds. The topological polar surface area (TPSA) is 132 Å². The molecule has 0 saturated heterocycles. The van der Waals surface area contributed by atoms with E-state index in [1.54, 1.807) is 0 Å². The fourth-order valence-electron chi connectivity index (χ4n) is 4.00. The molecule has 0 aliphatic heterocycles. The highest BCUT2D eigenvalue weighted by molar-refractivity contribution is 5.85. The van der Waals surface area contributed by atoms with Crippen LogP contribution >= 0.6 is 0 Å². The molecule has 3 heterocycles. The molecule has 3 rings (SSSR count). The van der Waals surface area contributed by atoms with Crippen LogP contribution in [0.2, 0.25) is 0 Å². The van der Waals surface area contributed by atoms with Gasteiger partial charge in [-0.05, 0) is 48.5 Å². The molecule has 0 saturated carbocycles. The van der Waals surface area contributed by atoms with Crippen molar-refractivity contribution < 1.29 is 0 Å². The van der Waals surface area contributed by atoms with Gasteiger partial charge in [0.1, 0.15) is 5.65 Å². The smallest absolute Gasteiger partial charge is 0.260 e. The number of aromatic nitrogens is 5. The Kier molecular flexibility index (Phi) is 10.4. The highest BCUT2D eigenvalue weighted by Crippen LogP contribution is 2.27. The van der Waals surface area contributed by atoms with Crippen LogP contribution in [0.5, 0.6) is 0 Å². The lowest BCUT2D eigenvalue weighted by atomic mass is 9.96. The van der Waals surface area contributed by atoms with Crippen molar-refractivity contribution in [3.63, 3.8) is 0 Å². The van der Waals surface area contributed by atoms with Gasteiger partial charge in [0, 0.05) is 17.5 Å². The van der Waals surface area contributed by atoms with Crippen molar-refractivity contribution in [3.05, 3.63) is 50.7 Å². The number of rotatable bonds is 9. The molecule has 0 spiro atoms. The van der Waals surface area contributed by atoms with Gasteiger partial charge in [0.05, 0.1) is 18.0 Å². The second-order valence-corrected chi connectivity index (χ2v) is 10.5. The summed E-state index contributed by atoms with van der Waals surface area (Å²) in [4.78, 5) is 39.6. The van der Waals surface area contributed by atoms with Gasteiger partial charge in [-0.2, -0.15) is 5.10 Å². The maximum Gasteiger partial charge on any atom is 0.260 e. The van der Waals surface area contributed by atoms with Crippen LogP contribution in [0.15, 0.2) is 33.4 Å². The van der Waals surface area contributed by atoms with Crippen LogP contribution < -0.4 is 16.5 Å². The molecular weight excluding hydrogens is 442 g/mol. The summed E-state index contributed by atoms with van der Waals surface area (Å²) in [6, 6.07) is 1.39. The van der Waals surface area contributed by atoms with Crippen LogP contribution in [-0.4, -0.2) is 30.6 Å². The van der Waals surface area contributed by atoms with Crippen LogP contribution in [0.4, 0.5) is 5.82 Å². The first-order valence-corrected chi connectivity index (χ1v) is 12.4. The maximum absolute atomic E-state index is 11.9. The minimum absolute atomic E-state index is 0.0510. The number of hydrogen-bond donors (Lipinski definition) is 4. The van der Waals surface area contributed by atoms with Gasteiger partial charge in [-0.3, -0.25) is 15.0 Å². The second kappa shape index (κ2) is 13.0. The molecule has 0 aromatic carbocycles. The Morgan fingerprint density at radius 2 is 1.54 bits per heavy atom. The van der Waals surface area contributed by atoms with Gasteiger partial charge in [0.25, 0.3) is 11.1 Å². The molecule has 0 fully saturated rings. The summed E-state index contributed by atoms with van der Waals surface area (Å²) in [7, 11) is 0. The Morgan fingerprint density at radius 1 is 0.914 bits per heavy atom. The first-order valence-electron chi connectivity index (χ1n) is 12.4. The molecule has 4 N–H and O–H groups in total. The summed E-state index contributed by atoms with van der Waals surface area (Å²) in [6.07, 6.45) is 5.67. The van der Waals surface area contributed by atoms with Crippen LogP contribution in [0, 0.1) is 17.8 Å². The number of H-pyrrole nitrogens is 3. The predicted octanol–water partition coefficient (Wildman–Crippen LogP) is 5.20. The van der Waals surface area contributed by atoms with E-state index < -0.39 is 0 Å². The molecule has 0 aliphatic carbocycles. The summed E-state index contributed by atoms with van der Waals surface area (Å²) in [6.45, 7) is 17.2. The third-order valence-electron chi connectivity index (χ3n) is 5.20. The third-order valence-corrected chi connectivity index (χ3v) is 5.20. The van der Waals surface area contributed by atoms with E-state index in [1.807, 2.05) is 0 Å². The van der Waals surface area contributed by atoms with Crippen molar-refractivity contribution in [2.45, 2.75) is 80.6 Å². The van der Waals surface area contributed by atoms with Gasteiger partial charge in [-0.25, -0.2) is 9.97 Å². The van der Waals surface area contributed by atoms with Crippen molar-refractivity contribution in [1.29, 1.82) is 0 Å². The first kappa shape index (κ1) is 28.0. The third kappa shape index (κ3) is 8.81. The predicted molar refractivity (Wildman–Crippen MR) is 144 cm³/mol. The van der Waals surface area contributed by atoms with Gasteiger partial charge in [0.15, 0.2) is 5.82 Å². The largest absolute Gasteiger partial charge is 0.343 e. The molecule has 0 aliphatic rings. The van der Waals surface area contributed by atoms with Crippen LogP contribution in [0.25, 0.3) is 11.0 Å². The van der Waals surface area contributed by atoms with E-state index in [0.29, 0.717) is 35.1 Å². The zero-order valence-corrected chi connectivity index (χ0v) is 22.3. The van der Waals surface area contributed by atoms with Gasteiger partial charge < -0.3 is 15.0 Å². The zero-order chi connectivity index (χ0) is 26.1. The molecule has 0 radical (unpaired) electrons. The van der Waals surface area contributed by atoms with Crippen LogP contribution in [0.3, 0.4) is 0 Å². The standard InChI is InChI=1S/C13H22N4O.C13H19N3O/c1-9(2)5-11(6-10(3)4)16-17-12-7-13(18)15-8-14-12;1-7(2)5-9-10(8(3)4)11-12(16-9)14-6-15-13(11)17/h7-10H,5-6H2,1-4H3,(H2,14,15,17,18);6-8H,5H2,1-4H3,(H2,14,15,16,17). The Bertz CT molecular complexity index is 1200. The molecule has 0 atom stereocenters. The second-order valence-electron chi connectivity index (χ2n) is 10.5. The molecule has 0 unspecified atom stereocenters. The van der Waals surface area contributed by atoms with Crippen LogP contribution in [0.1, 0.15) is 85.4 Å². The zero-order valence-electron chi connectivity index (χ0n) is 22.3. The lowest BCUT2D eigenvalue weighted by Gasteiger charge is -2.11. The minimum Gasteiger partial charge on any atom is -0.343 e. The van der Waals surface area contributed by atoms with Gasteiger partial charge >= 0.3 is 0 Å². The lowest BCUT2D eigenvalue weighted by Crippen LogP contribution is -2.11. The Labute approximate surface area is 207 Å². The maximum atomic E-state index is 11.9. The minimum atomic E-state index is -0.183. The highest BCUT2D eigenvalue weighted by Gasteiger charge is 2.18. The summed E-state index contributed by atoms with van der Waals surface area (Å²) in [5.74, 6) is 2.49. The molecule has 3 aromatic heterocycles. The number of hydrogen-bond acceptors (Lipinski definition) is 6. The molecule has 9 nitrogen and oxygen atoms in total. The van der Waals surface area contributed by atoms with Crippen molar-refractivity contribution >= 4 is 22.6 Å². The number of nitrogens with one attached hydrogen (secondary N) is 4. The van der Waals surface area contributed by atoms with Gasteiger partial charge in [-0.1, -0.05) is 55.4 Å². The Morgan fingerprint density at radius 3 is 2.09 bits per heavy atom. The van der Waals surface area contributed by atoms with Gasteiger partial charge in [-0.15, -0.1) is 0 Å². The highest BCUT2D eigenvalue weighted by atomic mass is 16.1. The first-order chi connectivity index (χ1) is 16.5. The molecule has 192 valence electrons. The fourth-order valence-corrected chi connectivity index (χ4v) is 4.00. The van der Waals surface area contributed by atoms with E-state index in [1.165, 1.54) is 18.7 Å². The fraction of sp³-hybridized carbons (Fsp3) is 0.577. The lowest BCUT2D eigenvalue weighted by molar-refractivity contribution is 0.630. The van der Waals surface area contributed by atoms with Crippen molar-refractivity contribution in [2.24, 2.45) is 22.9 Å². The SMILES string of the molecule is CC(C)CC(CC(C)C)=NNc1cc(=O)[nH]cn1.CC(C)Cc1[nH]c2nc[nH]c(=O)c2c1C(C)C. The monoisotopic (exact) mass is 483 g/mol. The normalized spacial score (nSPS) is 11.3. The number of aromatic amines is 3. The molecule has 35 heavy (non-hydrogen) atoms. The number of hydrazone groups is 1. The molecular formula is C26H41N7O2. The average molecular weight is 484 g/mol. The number of nitrogens with zero attached hydrogens (tertiary/aromatic N) is 3. The summed E-state index contributed by atoms with van der Waals surface area (Å²) < 4.78 is 0. The number of anilines is 1. The van der Waals surface area contributed by atoms with Crippen LogP contribution in [-0.2, 0) is 6.42 Å². The summed E-state index contributed by atoms with van der Waals surface area (Å²) in [5.41, 5.74) is 6.70. The summed E-state index contributed by atoms with van der Waals surface area (Å²) in [5, 5.41) is 5.09. The van der Waals surface area contributed by atoms with Crippen molar-refractivity contribution in [3.8, 4) is 0 Å². The van der Waals surface area contributed by atoms with Crippen molar-refractivity contribution in [2.75, 3.05) is 5.43 Å². The Hall–Kier alpha value is -3.23. The molecule has 0 bridgehead atoms. The molecule has 9 heteroatoms. The van der Waals surface area contributed by atoms with E-state index in [9.17, 15) is 9.59 Å². The van der Waals surface area contributed by atoms with E-state index in [4.69, 9.17) is 0 Å². The number of fused-ring (bicyclic) bond motifs is 1. The quantitative estimate of drug-likeness (QED) is 0.245. The van der Waals surface area contributed by atoms with E-state index >= 15 is 0 Å². The van der Waals surface area contributed by atoms with Gasteiger partial charge in [0.2, 0.25) is 0 Å². The Balaban J connectivity index is 0.000000247. The van der Waals surface area contributed by atoms with E-state index in [2.05, 4.69) is 90.8 Å².